The predicted molar refractivity (Wildman–Crippen MR) is 72.1 cm³/mol. The van der Waals surface area contributed by atoms with Crippen LogP contribution in [-0.2, 0) is 11.3 Å². The van der Waals surface area contributed by atoms with Crippen molar-refractivity contribution in [3.8, 4) is 11.6 Å². The standard InChI is InChI=1S/C15H17NO3/c1-11(17)13-6-7-15(16-9-13)19-14-5-3-4-12(8-14)10-18-2/h3-9,11,17H,10H2,1-2H3. The first-order valence-electron chi connectivity index (χ1n) is 6.09. The molecule has 1 aromatic heterocycles. The molecule has 100 valence electrons. The lowest BCUT2D eigenvalue weighted by molar-refractivity contribution is 0.184. The number of rotatable bonds is 5. The number of hydrogen-bond donors (Lipinski definition) is 1. The van der Waals surface area contributed by atoms with Gasteiger partial charge in [0, 0.05) is 19.4 Å². The van der Waals surface area contributed by atoms with Crippen LogP contribution in [-0.4, -0.2) is 17.2 Å². The molecule has 4 nitrogen and oxygen atoms in total. The van der Waals surface area contributed by atoms with Gasteiger partial charge in [-0.05, 0) is 36.2 Å². The summed E-state index contributed by atoms with van der Waals surface area (Å²) in [6, 6.07) is 11.2. The van der Waals surface area contributed by atoms with Crippen LogP contribution in [0.4, 0.5) is 0 Å². The number of aliphatic hydroxyl groups is 1. The van der Waals surface area contributed by atoms with Gasteiger partial charge in [0.05, 0.1) is 12.7 Å². The molecule has 0 radical (unpaired) electrons. The van der Waals surface area contributed by atoms with Crippen molar-refractivity contribution >= 4 is 0 Å². The fourth-order valence-corrected chi connectivity index (χ4v) is 1.69. The molecule has 0 aliphatic heterocycles. The highest BCUT2D eigenvalue weighted by molar-refractivity contribution is 5.31. The molecule has 1 unspecified atom stereocenters. The van der Waals surface area contributed by atoms with E-state index in [1.165, 1.54) is 0 Å². The van der Waals surface area contributed by atoms with E-state index in [1.54, 1.807) is 32.4 Å². The summed E-state index contributed by atoms with van der Waals surface area (Å²) in [4.78, 5) is 4.16. The van der Waals surface area contributed by atoms with Crippen molar-refractivity contribution in [1.82, 2.24) is 4.98 Å². The van der Waals surface area contributed by atoms with Crippen LogP contribution in [0, 0.1) is 0 Å². The quantitative estimate of drug-likeness (QED) is 0.896. The molecule has 0 aliphatic carbocycles. The minimum absolute atomic E-state index is 0.499. The van der Waals surface area contributed by atoms with Crippen LogP contribution in [0.2, 0.25) is 0 Å². The van der Waals surface area contributed by atoms with E-state index < -0.39 is 6.10 Å². The van der Waals surface area contributed by atoms with Crippen molar-refractivity contribution in [2.45, 2.75) is 19.6 Å². The molecule has 1 atom stereocenters. The monoisotopic (exact) mass is 259 g/mol. The predicted octanol–water partition coefficient (Wildman–Crippen LogP) is 3.07. The number of aliphatic hydroxyl groups excluding tert-OH is 1. The van der Waals surface area contributed by atoms with Crippen molar-refractivity contribution < 1.29 is 14.6 Å². The molecule has 4 heteroatoms. The summed E-state index contributed by atoms with van der Waals surface area (Å²) in [5.74, 6) is 1.21. The smallest absolute Gasteiger partial charge is 0.219 e. The number of ether oxygens (including phenoxy) is 2. The normalized spacial score (nSPS) is 12.2. The summed E-state index contributed by atoms with van der Waals surface area (Å²) in [6.45, 7) is 2.25. The van der Waals surface area contributed by atoms with Gasteiger partial charge in [0.2, 0.25) is 5.88 Å². The molecular weight excluding hydrogens is 242 g/mol. The Hall–Kier alpha value is -1.91. The van der Waals surface area contributed by atoms with E-state index in [2.05, 4.69) is 4.98 Å². The molecule has 0 spiro atoms. The Balaban J connectivity index is 2.10. The number of aromatic nitrogens is 1. The van der Waals surface area contributed by atoms with Gasteiger partial charge in [-0.2, -0.15) is 0 Å². The number of hydrogen-bond acceptors (Lipinski definition) is 4. The van der Waals surface area contributed by atoms with Crippen molar-refractivity contribution in [2.75, 3.05) is 7.11 Å². The van der Waals surface area contributed by atoms with Gasteiger partial charge >= 0.3 is 0 Å². The van der Waals surface area contributed by atoms with Gasteiger partial charge in [-0.25, -0.2) is 4.98 Å². The van der Waals surface area contributed by atoms with Gasteiger partial charge in [-0.3, -0.25) is 0 Å². The third kappa shape index (κ3) is 3.77. The molecular formula is C15H17NO3. The van der Waals surface area contributed by atoms with E-state index in [-0.39, 0.29) is 0 Å². The van der Waals surface area contributed by atoms with Crippen LogP contribution < -0.4 is 4.74 Å². The maximum atomic E-state index is 9.41. The van der Waals surface area contributed by atoms with Crippen LogP contribution in [0.3, 0.4) is 0 Å². The zero-order chi connectivity index (χ0) is 13.7. The molecule has 0 fully saturated rings. The lowest BCUT2D eigenvalue weighted by Gasteiger charge is -2.08. The lowest BCUT2D eigenvalue weighted by atomic mass is 10.2. The first kappa shape index (κ1) is 13.5. The van der Waals surface area contributed by atoms with Crippen molar-refractivity contribution in [1.29, 1.82) is 0 Å². The fraction of sp³-hybridized carbons (Fsp3) is 0.267. The zero-order valence-corrected chi connectivity index (χ0v) is 11.0. The summed E-state index contributed by atoms with van der Waals surface area (Å²) >= 11 is 0. The van der Waals surface area contributed by atoms with E-state index in [4.69, 9.17) is 9.47 Å². The van der Waals surface area contributed by atoms with Gasteiger partial charge in [0.15, 0.2) is 0 Å². The Labute approximate surface area is 112 Å². The van der Waals surface area contributed by atoms with Crippen LogP contribution in [0.15, 0.2) is 42.6 Å². The third-order valence-electron chi connectivity index (χ3n) is 2.67. The lowest BCUT2D eigenvalue weighted by Crippen LogP contribution is -1.94. The highest BCUT2D eigenvalue weighted by Gasteiger charge is 2.03. The van der Waals surface area contributed by atoms with E-state index in [9.17, 15) is 5.11 Å². The molecule has 2 aromatic rings. The van der Waals surface area contributed by atoms with Crippen molar-refractivity contribution in [3.63, 3.8) is 0 Å². The van der Waals surface area contributed by atoms with Gasteiger partial charge in [-0.1, -0.05) is 12.1 Å². The molecule has 1 aromatic carbocycles. The molecule has 0 saturated heterocycles. The number of nitrogens with zero attached hydrogens (tertiary/aromatic N) is 1. The molecule has 0 saturated carbocycles. The molecule has 1 heterocycles. The SMILES string of the molecule is COCc1cccc(Oc2ccc(C(C)O)cn2)c1. The second-order valence-electron chi connectivity index (χ2n) is 4.29. The van der Waals surface area contributed by atoms with Crippen LogP contribution in [0.1, 0.15) is 24.2 Å². The summed E-state index contributed by atoms with van der Waals surface area (Å²) in [7, 11) is 1.66. The minimum atomic E-state index is -0.522. The van der Waals surface area contributed by atoms with Crippen LogP contribution in [0.5, 0.6) is 11.6 Å². The molecule has 1 N–H and O–H groups in total. The topological polar surface area (TPSA) is 51.6 Å². The summed E-state index contributed by atoms with van der Waals surface area (Å²) in [5.41, 5.74) is 1.81. The van der Waals surface area contributed by atoms with Crippen molar-refractivity contribution in [2.24, 2.45) is 0 Å². The number of pyridine rings is 1. The molecule has 0 aliphatic rings. The van der Waals surface area contributed by atoms with Gasteiger partial charge < -0.3 is 14.6 Å². The maximum absolute atomic E-state index is 9.41. The van der Waals surface area contributed by atoms with Crippen LogP contribution in [0.25, 0.3) is 0 Å². The average molecular weight is 259 g/mol. The zero-order valence-electron chi connectivity index (χ0n) is 11.0. The molecule has 2 rings (SSSR count). The second-order valence-corrected chi connectivity index (χ2v) is 4.29. The first-order chi connectivity index (χ1) is 9.19. The summed E-state index contributed by atoms with van der Waals surface area (Å²) < 4.78 is 10.7. The van der Waals surface area contributed by atoms with Crippen molar-refractivity contribution in [3.05, 3.63) is 53.7 Å². The van der Waals surface area contributed by atoms with E-state index >= 15 is 0 Å². The Bertz CT molecular complexity index is 523. The van der Waals surface area contributed by atoms with E-state index in [0.29, 0.717) is 18.2 Å². The Kier molecular flexibility index (Phi) is 4.49. The molecule has 0 amide bonds. The first-order valence-corrected chi connectivity index (χ1v) is 6.09. The summed E-state index contributed by atoms with van der Waals surface area (Å²) in [5, 5.41) is 9.41. The second kappa shape index (κ2) is 6.31. The van der Waals surface area contributed by atoms with Crippen LogP contribution >= 0.6 is 0 Å². The fourth-order valence-electron chi connectivity index (χ4n) is 1.69. The largest absolute Gasteiger partial charge is 0.439 e. The number of methoxy groups -OCH3 is 1. The Morgan fingerprint density at radius 1 is 1.26 bits per heavy atom. The Morgan fingerprint density at radius 2 is 2.11 bits per heavy atom. The van der Waals surface area contributed by atoms with E-state index in [0.717, 1.165) is 11.1 Å². The maximum Gasteiger partial charge on any atom is 0.219 e. The molecule has 19 heavy (non-hydrogen) atoms. The Morgan fingerprint density at radius 3 is 2.74 bits per heavy atom. The highest BCUT2D eigenvalue weighted by Crippen LogP contribution is 2.22. The third-order valence-corrected chi connectivity index (χ3v) is 2.67. The van der Waals surface area contributed by atoms with Gasteiger partial charge in [0.25, 0.3) is 0 Å². The summed E-state index contributed by atoms with van der Waals surface area (Å²) in [6.07, 6.45) is 1.09. The van der Waals surface area contributed by atoms with Gasteiger partial charge in [0.1, 0.15) is 5.75 Å². The van der Waals surface area contributed by atoms with Gasteiger partial charge in [-0.15, -0.1) is 0 Å². The highest BCUT2D eigenvalue weighted by atomic mass is 16.5. The average Bonchev–Trinajstić information content (AvgIpc) is 2.40. The van der Waals surface area contributed by atoms with E-state index in [1.807, 2.05) is 24.3 Å². The molecule has 0 bridgehead atoms. The minimum Gasteiger partial charge on any atom is -0.439 e. The number of benzene rings is 1.